The van der Waals surface area contributed by atoms with E-state index >= 15 is 0 Å². The summed E-state index contributed by atoms with van der Waals surface area (Å²) in [6.07, 6.45) is 2.24. The van der Waals surface area contributed by atoms with Crippen molar-refractivity contribution in [1.82, 2.24) is 24.6 Å². The lowest BCUT2D eigenvalue weighted by molar-refractivity contribution is 0.0916. The molecule has 1 aromatic carbocycles. The minimum Gasteiger partial charge on any atom is -0.356 e. The molecule has 3 N–H and O–H groups in total. The molecule has 0 spiro atoms. The Morgan fingerprint density at radius 3 is 2.74 bits per heavy atom. The molecule has 2 unspecified atom stereocenters. The van der Waals surface area contributed by atoms with Gasteiger partial charge in [0, 0.05) is 30.8 Å². The summed E-state index contributed by atoms with van der Waals surface area (Å²) in [5.41, 5.74) is 1.97. The molecular weight excluding hydrogens is 434 g/mol. The number of aromatic amines is 2. The molecule has 1 fully saturated rings. The number of para-hydroxylation sites is 2. The largest absolute Gasteiger partial charge is 0.356 e. The standard InChI is InChI=1S/C21H27N5O3S2/c1-3-14(2)19(20-23-16-6-4-5-7-17(16)24-20)25-21(27)18-12-15(13-22-18)31(28,29)26-8-10-30-11-9-26/h4-7,12-14,19,22H,3,8-11H2,1-2H3,(H,23,24)(H,25,27). The van der Waals surface area contributed by atoms with E-state index < -0.39 is 10.0 Å². The number of benzene rings is 1. The molecule has 10 heteroatoms. The van der Waals surface area contributed by atoms with Crippen LogP contribution in [0.3, 0.4) is 0 Å². The van der Waals surface area contributed by atoms with E-state index in [1.807, 2.05) is 24.3 Å². The van der Waals surface area contributed by atoms with Crippen molar-refractivity contribution in [2.24, 2.45) is 5.92 Å². The lowest BCUT2D eigenvalue weighted by Gasteiger charge is -2.25. The van der Waals surface area contributed by atoms with Crippen LogP contribution in [-0.4, -0.2) is 58.2 Å². The van der Waals surface area contributed by atoms with Crippen molar-refractivity contribution in [3.8, 4) is 0 Å². The summed E-state index contributed by atoms with van der Waals surface area (Å²) >= 11 is 1.74. The zero-order valence-corrected chi connectivity index (χ0v) is 19.2. The fourth-order valence-corrected chi connectivity index (χ4v) is 6.22. The molecule has 1 aliphatic heterocycles. The number of carbonyl (C=O) groups excluding carboxylic acids is 1. The second-order valence-electron chi connectivity index (χ2n) is 7.74. The normalized spacial score (nSPS) is 17.5. The first-order valence-electron chi connectivity index (χ1n) is 10.4. The average Bonchev–Trinajstić information content (AvgIpc) is 3.45. The van der Waals surface area contributed by atoms with Gasteiger partial charge in [0.25, 0.3) is 5.91 Å². The number of hydrogen-bond donors (Lipinski definition) is 3. The third-order valence-electron chi connectivity index (χ3n) is 5.71. The molecule has 166 valence electrons. The zero-order chi connectivity index (χ0) is 22.0. The Bertz CT molecular complexity index is 1130. The van der Waals surface area contributed by atoms with E-state index in [0.29, 0.717) is 18.9 Å². The number of H-pyrrole nitrogens is 2. The minimum absolute atomic E-state index is 0.119. The second-order valence-corrected chi connectivity index (χ2v) is 10.9. The molecule has 3 heterocycles. The Morgan fingerprint density at radius 1 is 1.29 bits per heavy atom. The van der Waals surface area contributed by atoms with E-state index in [0.717, 1.165) is 29.0 Å². The van der Waals surface area contributed by atoms with Gasteiger partial charge in [-0.1, -0.05) is 32.4 Å². The number of fused-ring (bicyclic) bond motifs is 1. The van der Waals surface area contributed by atoms with Crippen molar-refractivity contribution in [3.05, 3.63) is 48.0 Å². The van der Waals surface area contributed by atoms with Crippen LogP contribution in [-0.2, 0) is 10.0 Å². The molecular formula is C21H27N5O3S2. The number of carbonyl (C=O) groups is 1. The summed E-state index contributed by atoms with van der Waals surface area (Å²) in [7, 11) is -3.60. The highest BCUT2D eigenvalue weighted by atomic mass is 32.2. The van der Waals surface area contributed by atoms with Crippen LogP contribution >= 0.6 is 11.8 Å². The Labute approximate surface area is 186 Å². The lowest BCUT2D eigenvalue weighted by Crippen LogP contribution is -2.37. The molecule has 0 radical (unpaired) electrons. The maximum atomic E-state index is 13.0. The van der Waals surface area contributed by atoms with Crippen molar-refractivity contribution in [1.29, 1.82) is 0 Å². The number of hydrogen-bond acceptors (Lipinski definition) is 5. The van der Waals surface area contributed by atoms with Crippen LogP contribution in [0, 0.1) is 5.92 Å². The molecule has 1 amide bonds. The summed E-state index contributed by atoms with van der Waals surface area (Å²) in [5, 5.41) is 3.03. The average molecular weight is 462 g/mol. The van der Waals surface area contributed by atoms with Crippen LogP contribution in [0.4, 0.5) is 0 Å². The molecule has 3 aromatic rings. The second kappa shape index (κ2) is 9.05. The molecule has 0 bridgehead atoms. The Hall–Kier alpha value is -2.30. The number of thioether (sulfide) groups is 1. The number of amides is 1. The molecule has 31 heavy (non-hydrogen) atoms. The van der Waals surface area contributed by atoms with Crippen molar-refractivity contribution in [2.75, 3.05) is 24.6 Å². The monoisotopic (exact) mass is 461 g/mol. The predicted octanol–water partition coefficient (Wildman–Crippen LogP) is 3.15. The van der Waals surface area contributed by atoms with E-state index in [2.05, 4.69) is 34.1 Å². The van der Waals surface area contributed by atoms with Gasteiger partial charge in [-0.2, -0.15) is 16.1 Å². The quantitative estimate of drug-likeness (QED) is 0.501. The van der Waals surface area contributed by atoms with Gasteiger partial charge in [-0.15, -0.1) is 0 Å². The van der Waals surface area contributed by atoms with E-state index in [1.54, 1.807) is 11.8 Å². The lowest BCUT2D eigenvalue weighted by atomic mass is 9.98. The Morgan fingerprint density at radius 2 is 2.03 bits per heavy atom. The van der Waals surface area contributed by atoms with E-state index in [4.69, 9.17) is 0 Å². The first-order chi connectivity index (χ1) is 14.9. The van der Waals surface area contributed by atoms with Crippen LogP contribution in [0.5, 0.6) is 0 Å². The molecule has 2 atom stereocenters. The highest BCUT2D eigenvalue weighted by molar-refractivity contribution is 7.99. The molecule has 8 nitrogen and oxygen atoms in total. The van der Waals surface area contributed by atoms with Crippen LogP contribution < -0.4 is 5.32 Å². The number of nitrogens with one attached hydrogen (secondary N) is 3. The van der Waals surface area contributed by atoms with Crippen LogP contribution in [0.2, 0.25) is 0 Å². The van der Waals surface area contributed by atoms with Crippen LogP contribution in [0.15, 0.2) is 41.4 Å². The number of sulfonamides is 1. The predicted molar refractivity (Wildman–Crippen MR) is 123 cm³/mol. The fraction of sp³-hybridized carbons (Fsp3) is 0.429. The van der Waals surface area contributed by atoms with Gasteiger partial charge in [0.05, 0.1) is 17.1 Å². The fourth-order valence-electron chi connectivity index (χ4n) is 3.65. The van der Waals surface area contributed by atoms with Crippen molar-refractivity contribution < 1.29 is 13.2 Å². The number of imidazole rings is 1. The highest BCUT2D eigenvalue weighted by Crippen LogP contribution is 2.26. The minimum atomic E-state index is -3.60. The summed E-state index contributed by atoms with van der Waals surface area (Å²) < 4.78 is 27.2. The van der Waals surface area contributed by atoms with Crippen molar-refractivity contribution in [3.63, 3.8) is 0 Å². The van der Waals surface area contributed by atoms with Gasteiger partial charge in [-0.25, -0.2) is 13.4 Å². The van der Waals surface area contributed by atoms with Gasteiger partial charge in [-0.05, 0) is 24.1 Å². The zero-order valence-electron chi connectivity index (χ0n) is 17.6. The smallest absolute Gasteiger partial charge is 0.268 e. The summed E-state index contributed by atoms with van der Waals surface area (Å²) in [5.74, 6) is 2.03. The van der Waals surface area contributed by atoms with Gasteiger partial charge >= 0.3 is 0 Å². The molecule has 0 aliphatic carbocycles. The molecule has 4 rings (SSSR count). The summed E-state index contributed by atoms with van der Waals surface area (Å²) in [6.45, 7) is 5.09. The topological polar surface area (TPSA) is 111 Å². The number of aromatic nitrogens is 3. The molecule has 0 saturated carbocycles. The summed E-state index contributed by atoms with van der Waals surface area (Å²) in [4.78, 5) is 23.9. The van der Waals surface area contributed by atoms with Crippen LogP contribution in [0.1, 0.15) is 42.6 Å². The van der Waals surface area contributed by atoms with Gasteiger partial charge in [0.15, 0.2) is 0 Å². The Balaban J connectivity index is 1.55. The van der Waals surface area contributed by atoms with Crippen molar-refractivity contribution in [2.45, 2.75) is 31.2 Å². The SMILES string of the molecule is CCC(C)C(NC(=O)c1cc(S(=O)(=O)N2CCSCC2)c[nH]1)c1nc2ccccc2[nH]1. The maximum Gasteiger partial charge on any atom is 0.268 e. The van der Waals surface area contributed by atoms with E-state index in [1.165, 1.54) is 16.6 Å². The first kappa shape index (κ1) is 21.9. The maximum absolute atomic E-state index is 13.0. The third-order valence-corrected chi connectivity index (χ3v) is 8.53. The van der Waals surface area contributed by atoms with Gasteiger partial charge < -0.3 is 15.3 Å². The van der Waals surface area contributed by atoms with Gasteiger partial charge in [-0.3, -0.25) is 4.79 Å². The molecule has 1 saturated heterocycles. The first-order valence-corrected chi connectivity index (χ1v) is 13.0. The van der Waals surface area contributed by atoms with Gasteiger partial charge in [0.1, 0.15) is 16.4 Å². The third kappa shape index (κ3) is 4.51. The molecule has 1 aliphatic rings. The van der Waals surface area contributed by atoms with Crippen LogP contribution in [0.25, 0.3) is 11.0 Å². The van der Waals surface area contributed by atoms with Gasteiger partial charge in [0.2, 0.25) is 10.0 Å². The highest BCUT2D eigenvalue weighted by Gasteiger charge is 2.29. The number of rotatable bonds is 7. The summed E-state index contributed by atoms with van der Waals surface area (Å²) in [6, 6.07) is 8.81. The number of nitrogens with zero attached hydrogens (tertiary/aromatic N) is 2. The Kier molecular flexibility index (Phi) is 6.40. The van der Waals surface area contributed by atoms with E-state index in [-0.39, 0.29) is 28.5 Å². The molecule has 2 aromatic heterocycles. The van der Waals surface area contributed by atoms with E-state index in [9.17, 15) is 13.2 Å². The van der Waals surface area contributed by atoms with Crippen molar-refractivity contribution >= 4 is 38.7 Å².